The SMILES string of the molecule is NC(=O)c1ccccc1.c1ccc2[nH]c(N3CCNCC3)cc2c1. The fourth-order valence-corrected chi connectivity index (χ4v) is 2.74. The zero-order chi connectivity index (χ0) is 16.8. The molecule has 124 valence electrons. The number of hydrogen-bond donors (Lipinski definition) is 3. The zero-order valence-corrected chi connectivity index (χ0v) is 13.5. The van der Waals surface area contributed by atoms with Gasteiger partial charge in [0, 0.05) is 42.6 Å². The first-order valence-corrected chi connectivity index (χ1v) is 8.12. The Bertz CT molecular complexity index is 758. The van der Waals surface area contributed by atoms with Crippen molar-refractivity contribution >= 4 is 22.6 Å². The Morgan fingerprint density at radius 1 is 0.958 bits per heavy atom. The molecule has 1 aliphatic heterocycles. The Hall–Kier alpha value is -2.79. The number of hydrogen-bond acceptors (Lipinski definition) is 3. The lowest BCUT2D eigenvalue weighted by Crippen LogP contribution is -2.43. The van der Waals surface area contributed by atoms with Crippen LogP contribution in [0, 0.1) is 0 Å². The van der Waals surface area contributed by atoms with E-state index in [-0.39, 0.29) is 5.91 Å². The Labute approximate surface area is 141 Å². The average Bonchev–Trinajstić information content (AvgIpc) is 3.08. The number of nitrogens with two attached hydrogens (primary N) is 1. The summed E-state index contributed by atoms with van der Waals surface area (Å²) < 4.78 is 0. The third-order valence-corrected chi connectivity index (χ3v) is 4.03. The highest BCUT2D eigenvalue weighted by Gasteiger charge is 2.11. The number of carbonyl (C=O) groups excluding carboxylic acids is 1. The summed E-state index contributed by atoms with van der Waals surface area (Å²) in [4.78, 5) is 16.3. The summed E-state index contributed by atoms with van der Waals surface area (Å²) in [7, 11) is 0. The highest BCUT2D eigenvalue weighted by molar-refractivity contribution is 5.92. The Balaban J connectivity index is 0.000000162. The molecule has 0 spiro atoms. The van der Waals surface area contributed by atoms with Crippen LogP contribution in [0.4, 0.5) is 5.82 Å². The fraction of sp³-hybridized carbons (Fsp3) is 0.211. The smallest absolute Gasteiger partial charge is 0.248 e. The highest BCUT2D eigenvalue weighted by atomic mass is 16.1. The average molecular weight is 322 g/mol. The Kier molecular flexibility index (Phi) is 5.13. The van der Waals surface area contributed by atoms with Gasteiger partial charge in [0.25, 0.3) is 0 Å². The summed E-state index contributed by atoms with van der Waals surface area (Å²) in [5, 5.41) is 4.66. The number of rotatable bonds is 2. The topological polar surface area (TPSA) is 74.2 Å². The van der Waals surface area contributed by atoms with Crippen molar-refractivity contribution in [3.8, 4) is 0 Å². The monoisotopic (exact) mass is 322 g/mol. The molecular weight excluding hydrogens is 300 g/mol. The second kappa shape index (κ2) is 7.66. The number of anilines is 1. The number of nitrogens with zero attached hydrogens (tertiary/aromatic N) is 1. The zero-order valence-electron chi connectivity index (χ0n) is 13.5. The van der Waals surface area contributed by atoms with Gasteiger partial charge < -0.3 is 20.9 Å². The predicted octanol–water partition coefficient (Wildman–Crippen LogP) is 2.36. The first kappa shape index (κ1) is 16.1. The van der Waals surface area contributed by atoms with Gasteiger partial charge >= 0.3 is 0 Å². The normalized spacial score (nSPS) is 14.1. The van der Waals surface area contributed by atoms with Crippen LogP contribution in [0.3, 0.4) is 0 Å². The molecule has 0 unspecified atom stereocenters. The van der Waals surface area contributed by atoms with Crippen LogP contribution >= 0.6 is 0 Å². The lowest BCUT2D eigenvalue weighted by atomic mass is 10.2. The summed E-state index contributed by atoms with van der Waals surface area (Å²) in [6.45, 7) is 4.34. The van der Waals surface area contributed by atoms with Crippen molar-refractivity contribution in [2.75, 3.05) is 31.1 Å². The van der Waals surface area contributed by atoms with E-state index in [2.05, 4.69) is 45.5 Å². The van der Waals surface area contributed by atoms with Gasteiger partial charge in [-0.05, 0) is 24.3 Å². The number of fused-ring (bicyclic) bond motifs is 1. The van der Waals surface area contributed by atoms with Gasteiger partial charge in [0.1, 0.15) is 5.82 Å². The minimum Gasteiger partial charge on any atom is -0.366 e. The molecule has 5 heteroatoms. The van der Waals surface area contributed by atoms with Crippen molar-refractivity contribution in [3.05, 3.63) is 66.2 Å². The second-order valence-corrected chi connectivity index (χ2v) is 5.71. The van der Waals surface area contributed by atoms with E-state index in [9.17, 15) is 4.79 Å². The van der Waals surface area contributed by atoms with Crippen molar-refractivity contribution in [2.45, 2.75) is 0 Å². The van der Waals surface area contributed by atoms with E-state index in [1.165, 1.54) is 16.7 Å². The van der Waals surface area contributed by atoms with Crippen molar-refractivity contribution in [3.63, 3.8) is 0 Å². The summed E-state index contributed by atoms with van der Waals surface area (Å²) in [5.74, 6) is 0.869. The van der Waals surface area contributed by atoms with Crippen molar-refractivity contribution < 1.29 is 4.79 Å². The van der Waals surface area contributed by atoms with Crippen LogP contribution in [-0.2, 0) is 0 Å². The summed E-state index contributed by atoms with van der Waals surface area (Å²) in [6, 6.07) is 19.4. The van der Waals surface area contributed by atoms with Gasteiger partial charge in [0.05, 0.1) is 0 Å². The molecule has 24 heavy (non-hydrogen) atoms. The van der Waals surface area contributed by atoms with Gasteiger partial charge in [0.2, 0.25) is 5.91 Å². The molecule has 1 aliphatic rings. The molecule has 4 rings (SSSR count). The number of amides is 1. The van der Waals surface area contributed by atoms with E-state index in [1.807, 2.05) is 6.07 Å². The molecule has 5 nitrogen and oxygen atoms in total. The third-order valence-electron chi connectivity index (χ3n) is 4.03. The van der Waals surface area contributed by atoms with Crippen LogP contribution in [-0.4, -0.2) is 37.1 Å². The van der Waals surface area contributed by atoms with Crippen LogP contribution in [0.1, 0.15) is 10.4 Å². The van der Waals surface area contributed by atoms with E-state index in [0.717, 1.165) is 26.2 Å². The van der Waals surface area contributed by atoms with Crippen molar-refractivity contribution in [1.82, 2.24) is 10.3 Å². The first-order chi connectivity index (χ1) is 11.7. The van der Waals surface area contributed by atoms with Crippen molar-refractivity contribution in [2.24, 2.45) is 5.73 Å². The molecule has 4 N–H and O–H groups in total. The van der Waals surface area contributed by atoms with E-state index in [1.54, 1.807) is 24.3 Å². The third kappa shape index (κ3) is 3.94. The second-order valence-electron chi connectivity index (χ2n) is 5.71. The number of benzene rings is 2. The number of nitrogens with one attached hydrogen (secondary N) is 2. The highest BCUT2D eigenvalue weighted by Crippen LogP contribution is 2.21. The van der Waals surface area contributed by atoms with Gasteiger partial charge in [0.15, 0.2) is 0 Å². The Morgan fingerprint density at radius 3 is 2.25 bits per heavy atom. The summed E-state index contributed by atoms with van der Waals surface area (Å²) in [5.41, 5.74) is 6.76. The van der Waals surface area contributed by atoms with E-state index in [4.69, 9.17) is 5.73 Å². The maximum absolute atomic E-state index is 10.4. The van der Waals surface area contributed by atoms with Gasteiger partial charge in [-0.3, -0.25) is 4.79 Å². The molecule has 0 atom stereocenters. The van der Waals surface area contributed by atoms with Gasteiger partial charge in [-0.2, -0.15) is 0 Å². The number of H-pyrrole nitrogens is 1. The van der Waals surface area contributed by atoms with Crippen LogP contribution in [0.5, 0.6) is 0 Å². The standard InChI is InChI=1S/C12H15N3.C7H7NO/c1-2-4-11-10(3-1)9-12(14-11)15-7-5-13-6-8-15;8-7(9)6-4-2-1-3-5-6/h1-4,9,13-14H,5-8H2;1-5H,(H2,8,9). The van der Waals surface area contributed by atoms with Gasteiger partial charge in [-0.1, -0.05) is 36.4 Å². The minimum atomic E-state index is -0.379. The van der Waals surface area contributed by atoms with Crippen molar-refractivity contribution in [1.29, 1.82) is 0 Å². The number of para-hydroxylation sites is 1. The van der Waals surface area contributed by atoms with E-state index in [0.29, 0.717) is 5.56 Å². The molecule has 2 aromatic carbocycles. The number of aromatic amines is 1. The Morgan fingerprint density at radius 2 is 1.62 bits per heavy atom. The molecule has 0 radical (unpaired) electrons. The minimum absolute atomic E-state index is 0.379. The molecule has 0 bridgehead atoms. The maximum atomic E-state index is 10.4. The van der Waals surface area contributed by atoms with Crippen LogP contribution in [0.2, 0.25) is 0 Å². The largest absolute Gasteiger partial charge is 0.366 e. The molecule has 3 aromatic rings. The number of aromatic nitrogens is 1. The van der Waals surface area contributed by atoms with E-state index < -0.39 is 0 Å². The molecule has 1 aromatic heterocycles. The molecular formula is C19H22N4O. The van der Waals surface area contributed by atoms with Crippen LogP contribution in [0.15, 0.2) is 60.7 Å². The number of piperazine rings is 1. The fourth-order valence-electron chi connectivity index (χ4n) is 2.74. The lowest BCUT2D eigenvalue weighted by Gasteiger charge is -2.27. The quantitative estimate of drug-likeness (QED) is 0.678. The van der Waals surface area contributed by atoms with E-state index >= 15 is 0 Å². The molecule has 0 aliphatic carbocycles. The molecule has 1 fully saturated rings. The molecule has 0 saturated carbocycles. The molecule has 1 saturated heterocycles. The van der Waals surface area contributed by atoms with Gasteiger partial charge in [-0.25, -0.2) is 0 Å². The predicted molar refractivity (Wildman–Crippen MR) is 98.3 cm³/mol. The molecule has 2 heterocycles. The first-order valence-electron chi connectivity index (χ1n) is 8.12. The van der Waals surface area contributed by atoms with Gasteiger partial charge in [-0.15, -0.1) is 0 Å². The molecule has 1 amide bonds. The lowest BCUT2D eigenvalue weighted by molar-refractivity contribution is 0.100. The summed E-state index contributed by atoms with van der Waals surface area (Å²) in [6.07, 6.45) is 0. The number of carbonyl (C=O) groups is 1. The maximum Gasteiger partial charge on any atom is 0.248 e. The summed E-state index contributed by atoms with van der Waals surface area (Å²) >= 11 is 0. The van der Waals surface area contributed by atoms with Crippen LogP contribution < -0.4 is 16.0 Å². The van der Waals surface area contributed by atoms with Crippen LogP contribution in [0.25, 0.3) is 10.9 Å². The number of primary amides is 1.